The van der Waals surface area contributed by atoms with E-state index < -0.39 is 23.2 Å². The van der Waals surface area contributed by atoms with E-state index in [9.17, 15) is 24.5 Å². The van der Waals surface area contributed by atoms with Gasteiger partial charge in [-0.1, -0.05) is 117 Å². The van der Waals surface area contributed by atoms with Crippen LogP contribution in [-0.4, -0.2) is 42.3 Å². The smallest absolute Gasteiger partial charge is 0.462 e. The standard InChI is InChI=1S/C34H55NO9/c1-3-5-7-9-11-13-15-17-19-21-32(36)41-27-31(43-33(37)22-20-18-16-14-12-10-8-6-4-2)28-42-34(38)44-30-25-23-29(24-26-30)35(39)40/h23-26,31H,3-22,27-28H2,1-2H3/t31-/m1/s1. The Kier molecular flexibility index (Phi) is 23.2. The third-order valence-corrected chi connectivity index (χ3v) is 7.33. The minimum absolute atomic E-state index is 0.0619. The summed E-state index contributed by atoms with van der Waals surface area (Å²) < 4.78 is 21.0. The molecule has 0 N–H and O–H groups in total. The van der Waals surface area contributed by atoms with E-state index in [-0.39, 0.29) is 43.5 Å². The van der Waals surface area contributed by atoms with Crippen molar-refractivity contribution in [3.8, 4) is 5.75 Å². The lowest BCUT2D eigenvalue weighted by Gasteiger charge is -2.18. The largest absolute Gasteiger partial charge is 0.513 e. The minimum Gasteiger partial charge on any atom is -0.462 e. The van der Waals surface area contributed by atoms with Gasteiger partial charge in [0.05, 0.1) is 4.92 Å². The lowest BCUT2D eigenvalue weighted by Crippen LogP contribution is -2.31. The Morgan fingerprint density at radius 1 is 0.636 bits per heavy atom. The summed E-state index contributed by atoms with van der Waals surface area (Å²) in [5.74, 6) is -0.770. The number of carbonyl (C=O) groups excluding carboxylic acids is 3. The average Bonchev–Trinajstić information content (AvgIpc) is 3.01. The van der Waals surface area contributed by atoms with Crippen molar-refractivity contribution in [2.45, 2.75) is 148 Å². The van der Waals surface area contributed by atoms with E-state index in [0.29, 0.717) is 6.42 Å². The van der Waals surface area contributed by atoms with Crippen molar-refractivity contribution in [1.29, 1.82) is 0 Å². The molecule has 0 spiro atoms. The number of unbranched alkanes of at least 4 members (excludes halogenated alkanes) is 16. The minimum atomic E-state index is -1.07. The lowest BCUT2D eigenvalue weighted by atomic mass is 10.1. The molecule has 1 atom stereocenters. The number of benzene rings is 1. The zero-order chi connectivity index (χ0) is 32.3. The van der Waals surface area contributed by atoms with Gasteiger partial charge in [-0.2, -0.15) is 0 Å². The summed E-state index contributed by atoms with van der Waals surface area (Å²) in [6.07, 6.45) is 18.8. The number of esters is 2. The van der Waals surface area contributed by atoms with Crippen molar-refractivity contribution in [3.63, 3.8) is 0 Å². The molecule has 250 valence electrons. The lowest BCUT2D eigenvalue weighted by molar-refractivity contribution is -0.384. The fraction of sp³-hybridized carbons (Fsp3) is 0.735. The summed E-state index contributed by atoms with van der Waals surface area (Å²) in [6.45, 7) is 3.81. The molecule has 0 heterocycles. The number of rotatable bonds is 27. The molecule has 0 aromatic heterocycles. The predicted octanol–water partition coefficient (Wildman–Crippen LogP) is 9.41. The third kappa shape index (κ3) is 21.5. The van der Waals surface area contributed by atoms with Crippen molar-refractivity contribution in [2.24, 2.45) is 0 Å². The van der Waals surface area contributed by atoms with Crippen molar-refractivity contribution in [1.82, 2.24) is 0 Å². The molecule has 0 saturated heterocycles. The first-order valence-corrected chi connectivity index (χ1v) is 16.8. The van der Waals surface area contributed by atoms with Crippen molar-refractivity contribution in [3.05, 3.63) is 34.4 Å². The first kappa shape index (κ1) is 38.9. The fourth-order valence-corrected chi connectivity index (χ4v) is 4.70. The van der Waals surface area contributed by atoms with Crippen LogP contribution in [0.1, 0.15) is 142 Å². The van der Waals surface area contributed by atoms with Gasteiger partial charge in [-0.05, 0) is 25.0 Å². The summed E-state index contributed by atoms with van der Waals surface area (Å²) in [5, 5.41) is 10.8. The molecule has 1 aromatic carbocycles. The zero-order valence-corrected chi connectivity index (χ0v) is 27.1. The zero-order valence-electron chi connectivity index (χ0n) is 27.1. The summed E-state index contributed by atoms with van der Waals surface area (Å²) in [5.41, 5.74) is -0.145. The highest BCUT2D eigenvalue weighted by atomic mass is 16.7. The molecule has 0 bridgehead atoms. The number of hydrogen-bond acceptors (Lipinski definition) is 9. The monoisotopic (exact) mass is 621 g/mol. The van der Waals surface area contributed by atoms with E-state index in [4.69, 9.17) is 18.9 Å². The highest BCUT2D eigenvalue weighted by Gasteiger charge is 2.20. The number of carbonyl (C=O) groups is 3. The molecule has 10 heteroatoms. The second kappa shape index (κ2) is 26.3. The third-order valence-electron chi connectivity index (χ3n) is 7.33. The van der Waals surface area contributed by atoms with Crippen LogP contribution in [0.5, 0.6) is 5.75 Å². The number of nitro benzene ring substituents is 1. The van der Waals surface area contributed by atoms with Crippen LogP contribution in [0, 0.1) is 10.1 Å². The maximum Gasteiger partial charge on any atom is 0.513 e. The molecule has 0 saturated carbocycles. The van der Waals surface area contributed by atoms with Crippen LogP contribution in [0.2, 0.25) is 0 Å². The number of hydrogen-bond donors (Lipinski definition) is 0. The van der Waals surface area contributed by atoms with Crippen LogP contribution in [0.15, 0.2) is 24.3 Å². The van der Waals surface area contributed by atoms with Crippen LogP contribution in [0.3, 0.4) is 0 Å². The van der Waals surface area contributed by atoms with Gasteiger partial charge in [0.1, 0.15) is 19.0 Å². The molecule has 44 heavy (non-hydrogen) atoms. The topological polar surface area (TPSA) is 131 Å². The molecule has 0 unspecified atom stereocenters. The van der Waals surface area contributed by atoms with Gasteiger partial charge in [-0.3, -0.25) is 19.7 Å². The quantitative estimate of drug-likeness (QED) is 0.0235. The average molecular weight is 622 g/mol. The van der Waals surface area contributed by atoms with Crippen LogP contribution >= 0.6 is 0 Å². The molecular formula is C34H55NO9. The summed E-state index contributed by atoms with van der Waals surface area (Å²) >= 11 is 0. The normalized spacial score (nSPS) is 11.5. The molecule has 0 radical (unpaired) electrons. The molecule has 0 amide bonds. The van der Waals surface area contributed by atoms with E-state index in [1.807, 2.05) is 0 Å². The van der Waals surface area contributed by atoms with Gasteiger partial charge in [0, 0.05) is 25.0 Å². The second-order valence-corrected chi connectivity index (χ2v) is 11.4. The molecule has 1 rings (SSSR count). The van der Waals surface area contributed by atoms with E-state index in [1.165, 1.54) is 94.9 Å². The first-order chi connectivity index (χ1) is 21.3. The number of nitrogens with zero attached hydrogens (tertiary/aromatic N) is 1. The van der Waals surface area contributed by atoms with Crippen molar-refractivity contribution >= 4 is 23.8 Å². The molecule has 0 aliphatic carbocycles. The molecule has 1 aromatic rings. The van der Waals surface area contributed by atoms with Crippen molar-refractivity contribution < 1.29 is 38.3 Å². The predicted molar refractivity (Wildman–Crippen MR) is 170 cm³/mol. The Hall–Kier alpha value is -3.17. The van der Waals surface area contributed by atoms with Crippen LogP contribution in [-0.2, 0) is 23.8 Å². The Labute approximate surface area is 263 Å². The Morgan fingerprint density at radius 2 is 1.07 bits per heavy atom. The van der Waals surface area contributed by atoms with Gasteiger partial charge in [0.2, 0.25) is 0 Å². The summed E-state index contributed by atoms with van der Waals surface area (Å²) in [4.78, 5) is 47.2. The molecule has 0 aliphatic heterocycles. The molecule has 0 aliphatic rings. The fourth-order valence-electron chi connectivity index (χ4n) is 4.70. The molecular weight excluding hydrogens is 566 g/mol. The van der Waals surface area contributed by atoms with Crippen LogP contribution in [0.25, 0.3) is 0 Å². The Morgan fingerprint density at radius 3 is 1.55 bits per heavy atom. The van der Waals surface area contributed by atoms with Gasteiger partial charge in [-0.25, -0.2) is 4.79 Å². The van der Waals surface area contributed by atoms with Gasteiger partial charge < -0.3 is 18.9 Å². The number of ether oxygens (including phenoxy) is 4. The maximum absolute atomic E-state index is 12.5. The van der Waals surface area contributed by atoms with Crippen LogP contribution < -0.4 is 4.74 Å². The van der Waals surface area contributed by atoms with Gasteiger partial charge in [0.15, 0.2) is 6.10 Å². The first-order valence-electron chi connectivity index (χ1n) is 16.8. The van der Waals surface area contributed by atoms with E-state index in [2.05, 4.69) is 13.8 Å². The van der Waals surface area contributed by atoms with Crippen LogP contribution in [0.4, 0.5) is 10.5 Å². The summed E-state index contributed by atoms with van der Waals surface area (Å²) in [7, 11) is 0. The Balaban J connectivity index is 2.44. The molecule has 0 fully saturated rings. The van der Waals surface area contributed by atoms with E-state index in [0.717, 1.165) is 38.5 Å². The molecule has 10 nitrogen and oxygen atoms in total. The highest BCUT2D eigenvalue weighted by Crippen LogP contribution is 2.18. The van der Waals surface area contributed by atoms with Crippen molar-refractivity contribution in [2.75, 3.05) is 13.2 Å². The van der Waals surface area contributed by atoms with Gasteiger partial charge in [0.25, 0.3) is 5.69 Å². The second-order valence-electron chi connectivity index (χ2n) is 11.4. The number of non-ortho nitro benzene ring substituents is 1. The summed E-state index contributed by atoms with van der Waals surface area (Å²) in [6, 6.07) is 4.95. The number of nitro groups is 1. The van der Waals surface area contributed by atoms with Gasteiger partial charge >= 0.3 is 18.1 Å². The van der Waals surface area contributed by atoms with E-state index >= 15 is 0 Å². The Bertz CT molecular complexity index is 920. The highest BCUT2D eigenvalue weighted by molar-refractivity contribution is 5.70. The van der Waals surface area contributed by atoms with E-state index in [1.54, 1.807) is 0 Å². The maximum atomic E-state index is 12.5. The van der Waals surface area contributed by atoms with Gasteiger partial charge in [-0.15, -0.1) is 0 Å². The SMILES string of the molecule is CCCCCCCCCCCC(=O)OC[C@H](COC(=O)Oc1ccc([N+](=O)[O-])cc1)OC(=O)CCCCCCCCCCC.